The number of hydrogen-bond donors (Lipinski definition) is 1. The molecule has 3 rings (SSSR count). The van der Waals surface area contributed by atoms with Crippen molar-refractivity contribution in [1.82, 2.24) is 14.5 Å². The SMILES string of the molecule is CO[C@H]1C[C@@H](C(N)=O)N(CCn2cnc3ccccc3c2=O)C1. The van der Waals surface area contributed by atoms with Crippen molar-refractivity contribution < 1.29 is 9.53 Å². The van der Waals surface area contributed by atoms with Crippen LogP contribution in [0.4, 0.5) is 0 Å². The molecule has 0 spiro atoms. The molecule has 2 aromatic rings. The van der Waals surface area contributed by atoms with E-state index in [4.69, 9.17) is 10.5 Å². The minimum Gasteiger partial charge on any atom is -0.380 e. The number of primary amides is 1. The second-order valence-corrected chi connectivity index (χ2v) is 5.77. The molecule has 7 heteroatoms. The molecule has 0 aliphatic carbocycles. The third-order valence-corrected chi connectivity index (χ3v) is 4.39. The van der Waals surface area contributed by atoms with Gasteiger partial charge in [0.25, 0.3) is 5.56 Å². The fourth-order valence-electron chi connectivity index (χ4n) is 3.08. The molecule has 0 unspecified atom stereocenters. The number of amides is 1. The first-order valence-corrected chi connectivity index (χ1v) is 7.60. The van der Waals surface area contributed by atoms with Crippen LogP contribution in [0.5, 0.6) is 0 Å². The van der Waals surface area contributed by atoms with Crippen LogP contribution in [0.25, 0.3) is 10.9 Å². The third kappa shape index (κ3) is 3.11. The summed E-state index contributed by atoms with van der Waals surface area (Å²) in [6.45, 7) is 1.64. The predicted octanol–water partition coefficient (Wildman–Crippen LogP) is -0.0289. The molecule has 0 bridgehead atoms. The Balaban J connectivity index is 1.76. The molecule has 2 heterocycles. The minimum atomic E-state index is -0.353. The highest BCUT2D eigenvalue weighted by molar-refractivity contribution is 5.80. The fourth-order valence-corrected chi connectivity index (χ4v) is 3.08. The molecule has 1 aromatic heterocycles. The number of nitrogens with zero attached hydrogens (tertiary/aromatic N) is 3. The molecule has 122 valence electrons. The zero-order valence-corrected chi connectivity index (χ0v) is 13.0. The summed E-state index contributed by atoms with van der Waals surface area (Å²) in [6.07, 6.45) is 2.14. The summed E-state index contributed by atoms with van der Waals surface area (Å²) in [6, 6.07) is 6.91. The van der Waals surface area contributed by atoms with Gasteiger partial charge in [0.05, 0.1) is 29.4 Å². The number of rotatable bonds is 5. The summed E-state index contributed by atoms with van der Waals surface area (Å²) in [5, 5.41) is 0.595. The highest BCUT2D eigenvalue weighted by atomic mass is 16.5. The Labute approximate surface area is 133 Å². The first kappa shape index (κ1) is 15.6. The van der Waals surface area contributed by atoms with E-state index in [0.717, 1.165) is 0 Å². The van der Waals surface area contributed by atoms with Gasteiger partial charge in [-0.05, 0) is 18.6 Å². The number of methoxy groups -OCH3 is 1. The molecule has 1 saturated heterocycles. The van der Waals surface area contributed by atoms with Gasteiger partial charge in [-0.15, -0.1) is 0 Å². The maximum Gasteiger partial charge on any atom is 0.261 e. The van der Waals surface area contributed by atoms with Crippen LogP contribution in [0.2, 0.25) is 0 Å². The third-order valence-electron chi connectivity index (χ3n) is 4.39. The van der Waals surface area contributed by atoms with E-state index in [1.165, 1.54) is 0 Å². The van der Waals surface area contributed by atoms with Gasteiger partial charge in [-0.3, -0.25) is 19.1 Å². The summed E-state index contributed by atoms with van der Waals surface area (Å²) in [7, 11) is 1.63. The molecule has 1 aromatic carbocycles. The molecule has 2 atom stereocenters. The second-order valence-electron chi connectivity index (χ2n) is 5.77. The van der Waals surface area contributed by atoms with E-state index in [2.05, 4.69) is 4.98 Å². The standard InChI is InChI=1S/C16H20N4O3/c1-23-11-8-14(15(17)21)19(9-11)6-7-20-10-18-13-5-3-2-4-12(13)16(20)22/h2-5,10-11,14H,6-9H2,1H3,(H2,17,21)/t11-,14-/m0/s1. The largest absolute Gasteiger partial charge is 0.380 e. The number of ether oxygens (including phenoxy) is 1. The number of carbonyl (C=O) groups is 1. The Bertz CT molecular complexity index is 773. The van der Waals surface area contributed by atoms with Crippen molar-refractivity contribution in [1.29, 1.82) is 0 Å². The van der Waals surface area contributed by atoms with Crippen molar-refractivity contribution in [3.63, 3.8) is 0 Å². The van der Waals surface area contributed by atoms with Crippen molar-refractivity contribution in [2.24, 2.45) is 5.73 Å². The Kier molecular flexibility index (Phi) is 4.40. The fraction of sp³-hybridized carbons (Fsp3) is 0.438. The van der Waals surface area contributed by atoms with E-state index in [1.54, 1.807) is 24.1 Å². The molecule has 23 heavy (non-hydrogen) atoms. The number of nitrogens with two attached hydrogens (primary N) is 1. The van der Waals surface area contributed by atoms with E-state index in [-0.39, 0.29) is 23.6 Å². The zero-order valence-electron chi connectivity index (χ0n) is 13.0. The lowest BCUT2D eigenvalue weighted by atomic mass is 10.2. The number of fused-ring (bicyclic) bond motifs is 1. The lowest BCUT2D eigenvalue weighted by Crippen LogP contribution is -2.42. The van der Waals surface area contributed by atoms with Crippen LogP contribution in [0.1, 0.15) is 6.42 Å². The van der Waals surface area contributed by atoms with Gasteiger partial charge in [0, 0.05) is 26.7 Å². The zero-order chi connectivity index (χ0) is 16.4. The molecule has 2 N–H and O–H groups in total. The van der Waals surface area contributed by atoms with Crippen LogP contribution in [0.15, 0.2) is 35.4 Å². The summed E-state index contributed by atoms with van der Waals surface area (Å²) < 4.78 is 6.89. The average molecular weight is 316 g/mol. The Hall–Kier alpha value is -2.25. The summed E-state index contributed by atoms with van der Waals surface area (Å²) in [5.74, 6) is -0.353. The average Bonchev–Trinajstić information content (AvgIpc) is 2.98. The van der Waals surface area contributed by atoms with Crippen LogP contribution >= 0.6 is 0 Å². The Morgan fingerprint density at radius 3 is 2.91 bits per heavy atom. The quantitative estimate of drug-likeness (QED) is 0.836. The van der Waals surface area contributed by atoms with Gasteiger partial charge in [-0.25, -0.2) is 4.98 Å². The van der Waals surface area contributed by atoms with Crippen molar-refractivity contribution in [3.05, 3.63) is 40.9 Å². The second kappa shape index (κ2) is 6.47. The van der Waals surface area contributed by atoms with Crippen LogP contribution in [-0.4, -0.2) is 52.7 Å². The highest BCUT2D eigenvalue weighted by Crippen LogP contribution is 2.19. The smallest absolute Gasteiger partial charge is 0.261 e. The van der Waals surface area contributed by atoms with Crippen molar-refractivity contribution in [2.75, 3.05) is 20.2 Å². The number of para-hydroxylation sites is 1. The minimum absolute atomic E-state index is 0.000972. The van der Waals surface area contributed by atoms with Gasteiger partial charge >= 0.3 is 0 Å². The first-order valence-electron chi connectivity index (χ1n) is 7.60. The van der Waals surface area contributed by atoms with E-state index >= 15 is 0 Å². The van der Waals surface area contributed by atoms with Crippen molar-refractivity contribution >= 4 is 16.8 Å². The van der Waals surface area contributed by atoms with Gasteiger partial charge in [-0.1, -0.05) is 12.1 Å². The van der Waals surface area contributed by atoms with Gasteiger partial charge < -0.3 is 10.5 Å². The molecule has 1 amide bonds. The van der Waals surface area contributed by atoms with Crippen LogP contribution in [0, 0.1) is 0 Å². The summed E-state index contributed by atoms with van der Waals surface area (Å²) in [5.41, 5.74) is 6.07. The lowest BCUT2D eigenvalue weighted by molar-refractivity contribution is -0.122. The van der Waals surface area contributed by atoms with Crippen molar-refractivity contribution in [3.8, 4) is 0 Å². The van der Waals surface area contributed by atoms with Crippen LogP contribution < -0.4 is 11.3 Å². The number of benzene rings is 1. The van der Waals surface area contributed by atoms with Gasteiger partial charge in [0.15, 0.2) is 0 Å². The maximum atomic E-state index is 12.5. The van der Waals surface area contributed by atoms with Crippen LogP contribution in [0.3, 0.4) is 0 Å². The molecule has 0 radical (unpaired) electrons. The predicted molar refractivity (Wildman–Crippen MR) is 86.0 cm³/mol. The number of likely N-dealkylation sites (tertiary alicyclic amines) is 1. The Morgan fingerprint density at radius 2 is 2.17 bits per heavy atom. The maximum absolute atomic E-state index is 12.5. The highest BCUT2D eigenvalue weighted by Gasteiger charge is 2.35. The molecule has 7 nitrogen and oxygen atoms in total. The lowest BCUT2D eigenvalue weighted by Gasteiger charge is -2.21. The number of aromatic nitrogens is 2. The molecular formula is C16H20N4O3. The number of hydrogen-bond acceptors (Lipinski definition) is 5. The molecular weight excluding hydrogens is 296 g/mol. The van der Waals surface area contributed by atoms with Crippen LogP contribution in [-0.2, 0) is 16.1 Å². The molecule has 0 saturated carbocycles. The topological polar surface area (TPSA) is 90.4 Å². The Morgan fingerprint density at radius 1 is 1.39 bits per heavy atom. The van der Waals surface area contributed by atoms with Gasteiger partial charge in [0.1, 0.15) is 0 Å². The summed E-state index contributed by atoms with van der Waals surface area (Å²) in [4.78, 5) is 30.3. The molecule has 1 fully saturated rings. The van der Waals surface area contributed by atoms with E-state index < -0.39 is 0 Å². The van der Waals surface area contributed by atoms with E-state index in [0.29, 0.717) is 37.0 Å². The van der Waals surface area contributed by atoms with Gasteiger partial charge in [0.2, 0.25) is 5.91 Å². The normalized spacial score (nSPS) is 21.8. The first-order chi connectivity index (χ1) is 11.1. The molecule has 1 aliphatic rings. The number of carbonyl (C=O) groups excluding carboxylic acids is 1. The van der Waals surface area contributed by atoms with Gasteiger partial charge in [-0.2, -0.15) is 0 Å². The van der Waals surface area contributed by atoms with Crippen molar-refractivity contribution in [2.45, 2.75) is 25.1 Å². The monoisotopic (exact) mass is 316 g/mol. The summed E-state index contributed by atoms with van der Waals surface area (Å²) >= 11 is 0. The molecule has 1 aliphatic heterocycles. The van der Waals surface area contributed by atoms with E-state index in [9.17, 15) is 9.59 Å². The van der Waals surface area contributed by atoms with E-state index in [1.807, 2.05) is 23.1 Å².